The molecule has 1 saturated carbocycles. The van der Waals surface area contributed by atoms with E-state index in [0.717, 1.165) is 13.1 Å². The minimum atomic E-state index is -0.147. The molecule has 1 fully saturated rings. The second kappa shape index (κ2) is 4.41. The van der Waals surface area contributed by atoms with Crippen molar-refractivity contribution >= 4 is 0 Å². The molecule has 1 aromatic carbocycles. The maximum Gasteiger partial charge on any atom is 0.123 e. The van der Waals surface area contributed by atoms with Crippen LogP contribution in [0.25, 0.3) is 0 Å². The second-order valence-corrected chi connectivity index (χ2v) is 6.09. The van der Waals surface area contributed by atoms with Crippen molar-refractivity contribution in [2.75, 3.05) is 13.1 Å². The van der Waals surface area contributed by atoms with Crippen LogP contribution >= 0.6 is 0 Å². The lowest BCUT2D eigenvalue weighted by atomic mass is 9.52. The highest BCUT2D eigenvalue weighted by atomic mass is 19.1. The van der Waals surface area contributed by atoms with E-state index < -0.39 is 0 Å². The first-order valence-corrected chi connectivity index (χ1v) is 6.44. The van der Waals surface area contributed by atoms with E-state index in [2.05, 4.69) is 26.1 Å². The van der Waals surface area contributed by atoms with Gasteiger partial charge in [-0.1, -0.05) is 32.9 Å². The number of likely N-dealkylation sites (N-methyl/N-ethyl adjacent to an activating group) is 1. The van der Waals surface area contributed by atoms with Crippen molar-refractivity contribution < 1.29 is 4.39 Å². The molecule has 0 atom stereocenters. The monoisotopic (exact) mass is 235 g/mol. The summed E-state index contributed by atoms with van der Waals surface area (Å²) in [4.78, 5) is 0. The van der Waals surface area contributed by atoms with Crippen LogP contribution < -0.4 is 5.32 Å². The van der Waals surface area contributed by atoms with Gasteiger partial charge in [0.25, 0.3) is 0 Å². The molecule has 0 radical (unpaired) electrons. The highest BCUT2D eigenvalue weighted by Crippen LogP contribution is 2.54. The Morgan fingerprint density at radius 2 is 1.76 bits per heavy atom. The molecular weight excluding hydrogens is 213 g/mol. The molecule has 0 aromatic heterocycles. The van der Waals surface area contributed by atoms with Gasteiger partial charge in [-0.05, 0) is 42.5 Å². The molecule has 2 rings (SSSR count). The van der Waals surface area contributed by atoms with Crippen molar-refractivity contribution in [3.05, 3.63) is 35.6 Å². The normalized spacial score (nSPS) is 20.9. The largest absolute Gasteiger partial charge is 0.316 e. The van der Waals surface area contributed by atoms with Crippen molar-refractivity contribution in [2.45, 2.75) is 39.0 Å². The lowest BCUT2D eigenvalue weighted by molar-refractivity contribution is 0.0567. The van der Waals surface area contributed by atoms with Gasteiger partial charge >= 0.3 is 0 Å². The van der Waals surface area contributed by atoms with Crippen LogP contribution in [0.4, 0.5) is 4.39 Å². The first kappa shape index (κ1) is 12.6. The number of hydrogen-bond acceptors (Lipinski definition) is 1. The Morgan fingerprint density at radius 3 is 2.24 bits per heavy atom. The Hall–Kier alpha value is -0.890. The van der Waals surface area contributed by atoms with Gasteiger partial charge in [0.2, 0.25) is 0 Å². The summed E-state index contributed by atoms with van der Waals surface area (Å²) < 4.78 is 13.0. The number of halogens is 1. The minimum absolute atomic E-state index is 0.147. The van der Waals surface area contributed by atoms with Crippen molar-refractivity contribution in [2.24, 2.45) is 5.41 Å². The van der Waals surface area contributed by atoms with Crippen molar-refractivity contribution in [1.29, 1.82) is 0 Å². The molecular formula is C15H22FN. The summed E-state index contributed by atoms with van der Waals surface area (Å²) in [5, 5.41) is 3.45. The van der Waals surface area contributed by atoms with E-state index in [1.807, 2.05) is 12.1 Å². The zero-order valence-electron chi connectivity index (χ0n) is 11.0. The third kappa shape index (κ3) is 2.52. The topological polar surface area (TPSA) is 12.0 Å². The minimum Gasteiger partial charge on any atom is -0.316 e. The van der Waals surface area contributed by atoms with Gasteiger partial charge in [0.05, 0.1) is 0 Å². The van der Waals surface area contributed by atoms with Crippen LogP contribution in [0, 0.1) is 11.2 Å². The molecule has 1 aliphatic carbocycles. The lowest BCUT2D eigenvalue weighted by Gasteiger charge is -2.54. The van der Waals surface area contributed by atoms with Crippen LogP contribution in [0.1, 0.15) is 39.2 Å². The third-order valence-corrected chi connectivity index (χ3v) is 3.80. The van der Waals surface area contributed by atoms with Crippen molar-refractivity contribution in [1.82, 2.24) is 5.32 Å². The molecule has 2 heteroatoms. The predicted molar refractivity (Wildman–Crippen MR) is 69.6 cm³/mol. The molecule has 1 aromatic rings. The zero-order valence-corrected chi connectivity index (χ0v) is 11.0. The van der Waals surface area contributed by atoms with Gasteiger partial charge in [-0.3, -0.25) is 0 Å². The molecule has 94 valence electrons. The number of rotatable bonds is 4. The van der Waals surface area contributed by atoms with E-state index in [4.69, 9.17) is 0 Å². The lowest BCUT2D eigenvalue weighted by Crippen LogP contribution is -2.52. The molecule has 0 unspecified atom stereocenters. The van der Waals surface area contributed by atoms with E-state index >= 15 is 0 Å². The summed E-state index contributed by atoms with van der Waals surface area (Å²) in [5.74, 6) is -0.147. The average Bonchev–Trinajstić information content (AvgIpc) is 2.24. The van der Waals surface area contributed by atoms with Gasteiger partial charge in [0.1, 0.15) is 5.82 Å². The van der Waals surface area contributed by atoms with E-state index in [0.29, 0.717) is 5.41 Å². The van der Waals surface area contributed by atoms with E-state index in [9.17, 15) is 4.39 Å². The van der Waals surface area contributed by atoms with Crippen LogP contribution in [0.3, 0.4) is 0 Å². The zero-order chi connectivity index (χ0) is 12.5. The Balaban J connectivity index is 2.20. The third-order valence-electron chi connectivity index (χ3n) is 3.80. The van der Waals surface area contributed by atoms with Crippen LogP contribution in [0.2, 0.25) is 0 Å². The highest BCUT2D eigenvalue weighted by molar-refractivity contribution is 5.31. The molecule has 0 saturated heterocycles. The molecule has 1 nitrogen and oxygen atoms in total. The second-order valence-electron chi connectivity index (χ2n) is 6.09. The van der Waals surface area contributed by atoms with Crippen LogP contribution in [-0.4, -0.2) is 13.1 Å². The fourth-order valence-corrected chi connectivity index (χ4v) is 3.38. The maximum absolute atomic E-state index is 13.0. The molecule has 1 aliphatic rings. The Morgan fingerprint density at radius 1 is 1.18 bits per heavy atom. The summed E-state index contributed by atoms with van der Waals surface area (Å²) in [6.07, 6.45) is 2.36. The van der Waals surface area contributed by atoms with Gasteiger partial charge in [-0.15, -0.1) is 0 Å². The van der Waals surface area contributed by atoms with Crippen LogP contribution in [0.5, 0.6) is 0 Å². The molecule has 0 aliphatic heterocycles. The van der Waals surface area contributed by atoms with Crippen molar-refractivity contribution in [3.8, 4) is 0 Å². The smallest absolute Gasteiger partial charge is 0.123 e. The van der Waals surface area contributed by atoms with E-state index in [1.165, 1.54) is 18.4 Å². The van der Waals surface area contributed by atoms with Crippen LogP contribution in [-0.2, 0) is 5.41 Å². The maximum atomic E-state index is 13.0. The Bertz CT molecular complexity index is 372. The summed E-state index contributed by atoms with van der Waals surface area (Å²) in [6.45, 7) is 8.73. The molecule has 0 bridgehead atoms. The number of nitrogens with one attached hydrogen (secondary N) is 1. The average molecular weight is 235 g/mol. The molecule has 17 heavy (non-hydrogen) atoms. The molecule has 1 N–H and O–H groups in total. The number of hydrogen-bond donors (Lipinski definition) is 1. The van der Waals surface area contributed by atoms with Gasteiger partial charge in [-0.2, -0.15) is 0 Å². The van der Waals surface area contributed by atoms with Crippen molar-refractivity contribution in [3.63, 3.8) is 0 Å². The predicted octanol–water partition coefficient (Wildman–Crippen LogP) is 3.49. The first-order chi connectivity index (χ1) is 7.97. The van der Waals surface area contributed by atoms with Crippen LogP contribution in [0.15, 0.2) is 24.3 Å². The molecule has 0 amide bonds. The summed E-state index contributed by atoms with van der Waals surface area (Å²) >= 11 is 0. The highest BCUT2D eigenvalue weighted by Gasteiger charge is 2.49. The summed E-state index contributed by atoms with van der Waals surface area (Å²) in [5.41, 5.74) is 1.91. The fraction of sp³-hybridized carbons (Fsp3) is 0.600. The van der Waals surface area contributed by atoms with Gasteiger partial charge in [0.15, 0.2) is 0 Å². The first-order valence-electron chi connectivity index (χ1n) is 6.44. The fourth-order valence-electron chi connectivity index (χ4n) is 3.38. The summed E-state index contributed by atoms with van der Waals surface area (Å²) in [6, 6.07) is 7.05. The van der Waals surface area contributed by atoms with Gasteiger partial charge in [-0.25, -0.2) is 4.39 Å². The SMILES string of the molecule is CCNCC1(c2ccc(F)cc2)CC(C)(C)C1. The van der Waals surface area contributed by atoms with Gasteiger partial charge < -0.3 is 5.32 Å². The quantitative estimate of drug-likeness (QED) is 0.842. The molecule has 0 heterocycles. The summed E-state index contributed by atoms with van der Waals surface area (Å²) in [7, 11) is 0. The number of benzene rings is 1. The van der Waals surface area contributed by atoms with Gasteiger partial charge in [0, 0.05) is 12.0 Å². The molecule has 0 spiro atoms. The Labute approximate surface area is 103 Å². The standard InChI is InChI=1S/C15H22FN/c1-4-17-11-15(9-14(2,3)10-15)12-5-7-13(16)8-6-12/h5-8,17H,4,9-11H2,1-3H3. The van der Waals surface area contributed by atoms with E-state index in [-0.39, 0.29) is 11.2 Å². The Kier molecular flexibility index (Phi) is 3.26. The van der Waals surface area contributed by atoms with E-state index in [1.54, 1.807) is 12.1 Å².